The SMILES string of the molecule is COCC(C)(CO)C(=O)OCC(C)(COC(=O)C(C)(CO)CO)C(=O)OCC(C)(COC(=O)C(C)(COC(=O)C(C)(CO)COC)COC(=O)C(C)(CO)COC)C(=O)Oc1c(C)cc(C)cc1C. The Bertz CT molecular complexity index is 1870. The van der Waals surface area contributed by atoms with Gasteiger partial charge in [-0.2, -0.15) is 0 Å². The van der Waals surface area contributed by atoms with Crippen molar-refractivity contribution in [3.8, 4) is 5.75 Å². The molecule has 0 aliphatic heterocycles. The van der Waals surface area contributed by atoms with Gasteiger partial charge in [-0.1, -0.05) is 17.7 Å². The second-order valence-corrected chi connectivity index (χ2v) is 19.6. The van der Waals surface area contributed by atoms with E-state index in [1.54, 1.807) is 26.0 Å². The topological polar surface area (TPSA) is 313 Å². The molecule has 0 saturated carbocycles. The molecule has 69 heavy (non-hydrogen) atoms. The number of aliphatic hydroxyl groups is 5. The number of methoxy groups -OCH3 is 3. The van der Waals surface area contributed by atoms with Crippen LogP contribution in [0.15, 0.2) is 12.1 Å². The Morgan fingerprint density at radius 2 is 0.580 bits per heavy atom. The second-order valence-electron chi connectivity index (χ2n) is 19.6. The number of esters is 7. The number of hydrogen-bond acceptors (Lipinski definition) is 22. The normalized spacial score (nSPS) is 16.9. The summed E-state index contributed by atoms with van der Waals surface area (Å²) in [5.74, 6) is -7.57. The molecule has 0 heterocycles. The fourth-order valence-corrected chi connectivity index (χ4v) is 6.06. The van der Waals surface area contributed by atoms with Gasteiger partial charge < -0.3 is 72.9 Å². The van der Waals surface area contributed by atoms with Crippen molar-refractivity contribution in [3.05, 3.63) is 28.8 Å². The fraction of sp³-hybridized carbons (Fsp3) is 0.723. The zero-order chi connectivity index (χ0) is 53.2. The molecule has 394 valence electrons. The first-order valence-corrected chi connectivity index (χ1v) is 21.8. The van der Waals surface area contributed by atoms with Gasteiger partial charge in [0.05, 0.1) is 52.9 Å². The highest BCUT2D eigenvalue weighted by Gasteiger charge is 2.48. The lowest BCUT2D eigenvalue weighted by Gasteiger charge is -2.34. The summed E-state index contributed by atoms with van der Waals surface area (Å²) >= 11 is 0. The number of rotatable bonds is 31. The quantitative estimate of drug-likeness (QED) is 0.0389. The van der Waals surface area contributed by atoms with Crippen LogP contribution in [-0.4, -0.2) is 181 Å². The van der Waals surface area contributed by atoms with Gasteiger partial charge in [-0.3, -0.25) is 33.6 Å². The molecule has 1 rings (SSSR count). The van der Waals surface area contributed by atoms with Crippen LogP contribution in [0.3, 0.4) is 0 Å². The first-order chi connectivity index (χ1) is 32.0. The Morgan fingerprint density at radius 3 is 0.812 bits per heavy atom. The Morgan fingerprint density at radius 1 is 0.362 bits per heavy atom. The summed E-state index contributed by atoms with van der Waals surface area (Å²) in [5.41, 5.74) is -10.9. The minimum Gasteiger partial charge on any atom is -0.464 e. The van der Waals surface area contributed by atoms with Crippen LogP contribution in [0.25, 0.3) is 0 Å². The van der Waals surface area contributed by atoms with Crippen molar-refractivity contribution >= 4 is 41.8 Å². The molecule has 0 radical (unpaired) electrons. The third-order valence-corrected chi connectivity index (χ3v) is 11.5. The van der Waals surface area contributed by atoms with Gasteiger partial charge in [-0.25, -0.2) is 0 Å². The van der Waals surface area contributed by atoms with Gasteiger partial charge >= 0.3 is 41.8 Å². The van der Waals surface area contributed by atoms with E-state index in [9.17, 15) is 59.1 Å². The second kappa shape index (κ2) is 26.4. The summed E-state index contributed by atoms with van der Waals surface area (Å²) in [4.78, 5) is 95.5. The molecule has 0 saturated heterocycles. The molecule has 0 aromatic heterocycles. The number of carbonyl (C=O) groups excluding carboxylic acids is 7. The summed E-state index contributed by atoms with van der Waals surface area (Å²) in [5, 5.41) is 49.5. The van der Waals surface area contributed by atoms with Crippen molar-refractivity contribution in [2.24, 2.45) is 37.9 Å². The first kappa shape index (κ1) is 62.2. The maximum Gasteiger partial charge on any atom is 0.324 e. The van der Waals surface area contributed by atoms with Crippen LogP contribution >= 0.6 is 0 Å². The van der Waals surface area contributed by atoms with Gasteiger partial charge in [0.1, 0.15) is 83.3 Å². The van der Waals surface area contributed by atoms with E-state index < -0.39 is 152 Å². The lowest BCUT2D eigenvalue weighted by atomic mass is 9.89. The highest BCUT2D eigenvalue weighted by Crippen LogP contribution is 2.33. The Hall–Kier alpha value is -4.81. The molecule has 0 fully saturated rings. The van der Waals surface area contributed by atoms with E-state index in [1.807, 2.05) is 6.92 Å². The summed E-state index contributed by atoms with van der Waals surface area (Å²) < 4.78 is 54.2. The van der Waals surface area contributed by atoms with Crippen molar-refractivity contribution in [1.82, 2.24) is 0 Å². The van der Waals surface area contributed by atoms with Crippen LogP contribution in [0.1, 0.15) is 65.2 Å². The van der Waals surface area contributed by atoms with E-state index in [1.165, 1.54) is 69.8 Å². The molecule has 1 aromatic rings. The third kappa shape index (κ3) is 16.4. The van der Waals surface area contributed by atoms with Crippen molar-refractivity contribution in [2.75, 3.05) is 114 Å². The van der Waals surface area contributed by atoms with E-state index in [4.69, 9.17) is 47.4 Å². The molecule has 5 N–H and O–H groups in total. The molecule has 22 nitrogen and oxygen atoms in total. The molecule has 0 aliphatic rings. The standard InChI is InChI=1S/C47H74O22/c1-30-14-31(2)33(32(3)15-30)69-40(59)47(10,28-67-38(57)45(8,24-63-34(53)41(4,16-48)17-49)25-64-35(54)42(5,18-50)21-60-11)29-68-39(58)46(9,26-65-36(55)43(6,19-51)22-61-12)27-66-37(56)44(7,20-52)23-62-13/h14-15,48-52H,16-29H2,1-13H3. The smallest absolute Gasteiger partial charge is 0.324 e. The van der Waals surface area contributed by atoms with Gasteiger partial charge in [-0.05, 0) is 80.4 Å². The van der Waals surface area contributed by atoms with Crippen molar-refractivity contribution in [2.45, 2.75) is 69.2 Å². The molecule has 0 bridgehead atoms. The number of benzene rings is 1. The van der Waals surface area contributed by atoms with Gasteiger partial charge in [0.2, 0.25) is 0 Å². The van der Waals surface area contributed by atoms with Gasteiger partial charge in [0, 0.05) is 21.3 Å². The van der Waals surface area contributed by atoms with Crippen LogP contribution in [0.2, 0.25) is 0 Å². The monoisotopic (exact) mass is 990 g/mol. The summed E-state index contributed by atoms with van der Waals surface area (Å²) in [6.07, 6.45) is 0. The summed E-state index contributed by atoms with van der Waals surface area (Å²) in [6.45, 7) is 4.08. The van der Waals surface area contributed by atoms with Gasteiger partial charge in [-0.15, -0.1) is 0 Å². The lowest BCUT2D eigenvalue weighted by Crippen LogP contribution is -2.49. The molecular weight excluding hydrogens is 916 g/mol. The number of hydrogen-bond donors (Lipinski definition) is 5. The molecule has 5 atom stereocenters. The van der Waals surface area contributed by atoms with E-state index in [0.29, 0.717) is 11.1 Å². The maximum atomic E-state index is 14.4. The average Bonchev–Trinajstić information content (AvgIpc) is 3.32. The average molecular weight is 991 g/mol. The number of ether oxygens (including phenoxy) is 10. The first-order valence-electron chi connectivity index (χ1n) is 21.8. The van der Waals surface area contributed by atoms with Crippen LogP contribution in [0.5, 0.6) is 5.75 Å². The minimum atomic E-state index is -2.11. The van der Waals surface area contributed by atoms with Crippen molar-refractivity contribution in [3.63, 3.8) is 0 Å². The fourth-order valence-electron chi connectivity index (χ4n) is 6.06. The predicted octanol–water partition coefficient (Wildman–Crippen LogP) is 0.721. The molecule has 0 spiro atoms. The number of aliphatic hydroxyl groups excluding tert-OH is 5. The zero-order valence-corrected chi connectivity index (χ0v) is 42.2. The third-order valence-electron chi connectivity index (χ3n) is 11.5. The largest absolute Gasteiger partial charge is 0.464 e. The minimum absolute atomic E-state index is 0.131. The Labute approximate surface area is 403 Å². The molecule has 5 unspecified atom stereocenters. The highest BCUT2D eigenvalue weighted by molar-refractivity contribution is 5.84. The summed E-state index contributed by atoms with van der Waals surface area (Å²) in [7, 11) is 3.85. The van der Waals surface area contributed by atoms with Gasteiger partial charge in [0.15, 0.2) is 0 Å². The number of aryl methyl sites for hydroxylation is 3. The molecule has 22 heteroatoms. The molecule has 0 amide bonds. The van der Waals surface area contributed by atoms with Crippen LogP contribution in [-0.2, 0) is 76.2 Å². The molecule has 1 aromatic carbocycles. The zero-order valence-electron chi connectivity index (χ0n) is 42.2. The maximum absolute atomic E-state index is 14.4. The van der Waals surface area contributed by atoms with Crippen LogP contribution in [0.4, 0.5) is 0 Å². The predicted molar refractivity (Wildman–Crippen MR) is 240 cm³/mol. The van der Waals surface area contributed by atoms with E-state index in [-0.39, 0.29) is 25.6 Å². The van der Waals surface area contributed by atoms with Crippen molar-refractivity contribution in [1.29, 1.82) is 0 Å². The van der Waals surface area contributed by atoms with Gasteiger partial charge in [0.25, 0.3) is 0 Å². The van der Waals surface area contributed by atoms with E-state index in [0.717, 1.165) is 5.56 Å². The van der Waals surface area contributed by atoms with Crippen LogP contribution in [0, 0.1) is 58.7 Å². The van der Waals surface area contributed by atoms with E-state index >= 15 is 0 Å². The molecular formula is C47H74O22. The number of carbonyl (C=O) groups is 7. The van der Waals surface area contributed by atoms with E-state index in [2.05, 4.69) is 0 Å². The summed E-state index contributed by atoms with van der Waals surface area (Å²) in [6, 6.07) is 3.48. The lowest BCUT2D eigenvalue weighted by molar-refractivity contribution is -0.183. The van der Waals surface area contributed by atoms with Crippen molar-refractivity contribution < 1.29 is 106 Å². The van der Waals surface area contributed by atoms with Crippen LogP contribution < -0.4 is 4.74 Å². The molecule has 0 aliphatic carbocycles. The highest BCUT2D eigenvalue weighted by atomic mass is 16.6. The Kier molecular flexibility index (Phi) is 23.8. The Balaban J connectivity index is 3.82.